The van der Waals surface area contributed by atoms with Crippen LogP contribution in [0.4, 0.5) is 10.9 Å². The molecule has 204 valence electrons. The molecule has 0 amide bonds. The van der Waals surface area contributed by atoms with Crippen LogP contribution in [0.5, 0.6) is 0 Å². The van der Waals surface area contributed by atoms with E-state index in [9.17, 15) is 5.11 Å². The third kappa shape index (κ3) is 6.10. The van der Waals surface area contributed by atoms with Gasteiger partial charge in [0.25, 0.3) is 5.89 Å². The summed E-state index contributed by atoms with van der Waals surface area (Å²) < 4.78 is 11.8. The highest BCUT2D eigenvalue weighted by atomic mass is 32.1. The van der Waals surface area contributed by atoms with Crippen molar-refractivity contribution in [3.8, 4) is 33.5 Å². The maximum Gasteiger partial charge on any atom is 0.259 e. The van der Waals surface area contributed by atoms with Crippen molar-refractivity contribution in [2.45, 2.75) is 39.2 Å². The molecule has 4 heterocycles. The molecule has 1 fully saturated rings. The molecule has 6 rings (SSSR count). The smallest absolute Gasteiger partial charge is 0.259 e. The van der Waals surface area contributed by atoms with Crippen LogP contribution in [0.3, 0.4) is 0 Å². The minimum Gasteiger partial charge on any atom is -0.415 e. The van der Waals surface area contributed by atoms with E-state index >= 15 is 0 Å². The van der Waals surface area contributed by atoms with Gasteiger partial charge in [-0.2, -0.15) is 0 Å². The van der Waals surface area contributed by atoms with Gasteiger partial charge in [0.2, 0.25) is 5.89 Å². The predicted molar refractivity (Wildman–Crippen MR) is 155 cm³/mol. The third-order valence-electron chi connectivity index (χ3n) is 6.62. The van der Waals surface area contributed by atoms with Crippen molar-refractivity contribution in [3.05, 3.63) is 84.1 Å². The lowest BCUT2D eigenvalue weighted by Gasteiger charge is -2.35. The Hall–Kier alpha value is -3.96. The number of aliphatic hydroxyl groups excluding tert-OH is 1. The number of pyridine rings is 1. The highest BCUT2D eigenvalue weighted by molar-refractivity contribution is 7.18. The fraction of sp³-hybridized carbons (Fsp3) is 0.267. The zero-order chi connectivity index (χ0) is 27.5. The normalized spacial score (nSPS) is 17.7. The van der Waals surface area contributed by atoms with E-state index in [2.05, 4.69) is 51.4 Å². The third-order valence-corrected chi connectivity index (χ3v) is 7.52. The first-order valence-corrected chi connectivity index (χ1v) is 14.0. The molecule has 5 aromatic rings. The van der Waals surface area contributed by atoms with Gasteiger partial charge < -0.3 is 19.6 Å². The number of aliphatic hydroxyl groups is 1. The number of hydrogen-bond donors (Lipinski definition) is 2. The molecule has 40 heavy (non-hydrogen) atoms. The number of thiazole rings is 1. The number of aromatic nitrogens is 4. The topological polar surface area (TPSA) is 109 Å². The Morgan fingerprint density at radius 3 is 2.42 bits per heavy atom. The molecule has 0 bridgehead atoms. The molecule has 0 saturated carbocycles. The summed E-state index contributed by atoms with van der Waals surface area (Å²) in [6.45, 7) is 6.77. The second-order valence-electron chi connectivity index (χ2n) is 9.99. The van der Waals surface area contributed by atoms with E-state index in [0.29, 0.717) is 22.7 Å². The molecule has 1 aliphatic heterocycles. The second kappa shape index (κ2) is 11.6. The minimum absolute atomic E-state index is 0.00716. The lowest BCUT2D eigenvalue weighted by molar-refractivity contribution is -0.0704. The first-order valence-electron chi connectivity index (χ1n) is 13.2. The van der Waals surface area contributed by atoms with Crippen molar-refractivity contribution >= 4 is 22.3 Å². The maximum absolute atomic E-state index is 9.46. The first-order chi connectivity index (χ1) is 19.5. The van der Waals surface area contributed by atoms with Gasteiger partial charge in [0, 0.05) is 30.8 Å². The van der Waals surface area contributed by atoms with E-state index in [4.69, 9.17) is 14.1 Å². The van der Waals surface area contributed by atoms with E-state index < -0.39 is 0 Å². The number of rotatable bonds is 8. The highest BCUT2D eigenvalue weighted by Gasteiger charge is 2.23. The lowest BCUT2D eigenvalue weighted by Crippen LogP contribution is -2.44. The van der Waals surface area contributed by atoms with E-state index in [1.54, 1.807) is 6.20 Å². The summed E-state index contributed by atoms with van der Waals surface area (Å²) in [6.07, 6.45) is 2.11. The fourth-order valence-electron chi connectivity index (χ4n) is 4.90. The Labute approximate surface area is 236 Å². The summed E-state index contributed by atoms with van der Waals surface area (Å²) in [5.41, 5.74) is 4.70. The molecule has 2 atom stereocenters. The van der Waals surface area contributed by atoms with Crippen LogP contribution < -0.4 is 5.32 Å². The molecule has 9 nitrogen and oxygen atoms in total. The molecule has 10 heteroatoms. The average Bonchev–Trinajstić information content (AvgIpc) is 3.63. The van der Waals surface area contributed by atoms with E-state index in [1.807, 2.05) is 54.6 Å². The Bertz CT molecular complexity index is 1560. The van der Waals surface area contributed by atoms with Crippen molar-refractivity contribution in [2.24, 2.45) is 0 Å². The quantitative estimate of drug-likeness (QED) is 0.247. The zero-order valence-corrected chi connectivity index (χ0v) is 23.1. The molecule has 2 N–H and O–H groups in total. The van der Waals surface area contributed by atoms with Crippen LogP contribution in [-0.4, -0.2) is 55.5 Å². The maximum atomic E-state index is 9.46. The van der Waals surface area contributed by atoms with Crippen LogP contribution in [0, 0.1) is 0 Å². The Morgan fingerprint density at radius 1 is 0.925 bits per heavy atom. The molecular weight excluding hydrogens is 524 g/mol. The van der Waals surface area contributed by atoms with E-state index in [-0.39, 0.29) is 18.8 Å². The van der Waals surface area contributed by atoms with Gasteiger partial charge in [-0.25, -0.2) is 9.97 Å². The van der Waals surface area contributed by atoms with E-state index in [1.165, 1.54) is 11.3 Å². The summed E-state index contributed by atoms with van der Waals surface area (Å²) in [4.78, 5) is 12.6. The molecule has 0 radical (unpaired) electrons. The predicted octanol–water partition coefficient (Wildman–Crippen LogP) is 5.77. The molecule has 1 saturated heterocycles. The largest absolute Gasteiger partial charge is 0.415 e. The Morgan fingerprint density at radius 2 is 1.68 bits per heavy atom. The van der Waals surface area contributed by atoms with Gasteiger partial charge in [-0.1, -0.05) is 53.8 Å². The molecule has 0 aliphatic carbocycles. The van der Waals surface area contributed by atoms with Gasteiger partial charge in [0.1, 0.15) is 10.7 Å². The Kier molecular flexibility index (Phi) is 7.65. The highest BCUT2D eigenvalue weighted by Crippen LogP contribution is 2.32. The summed E-state index contributed by atoms with van der Waals surface area (Å²) in [6, 6.07) is 21.7. The molecule has 0 spiro atoms. The number of nitrogens with zero attached hydrogens (tertiary/aromatic N) is 5. The molecule has 2 aromatic carbocycles. The summed E-state index contributed by atoms with van der Waals surface area (Å²) in [5.74, 6) is 1.59. The summed E-state index contributed by atoms with van der Waals surface area (Å²) in [5, 5.41) is 21.9. The summed E-state index contributed by atoms with van der Waals surface area (Å²) in [7, 11) is 0. The number of ether oxygens (including phenoxy) is 1. The number of morpholine rings is 1. The molecule has 3 aromatic heterocycles. The van der Waals surface area contributed by atoms with Crippen LogP contribution in [0.15, 0.2) is 77.3 Å². The minimum atomic E-state index is 0.00716. The van der Waals surface area contributed by atoms with Crippen LogP contribution in [0.1, 0.15) is 25.0 Å². The SMILES string of the molecule is C[C@@H]1CN(Cc2cc(Nc3ncc(-c4nnc(-c5ccccc5)o4)s3)nc(-c3ccc(CO)cc3)c2)C[C@H](C)O1. The zero-order valence-electron chi connectivity index (χ0n) is 22.3. The van der Waals surface area contributed by atoms with Gasteiger partial charge in [-0.05, 0) is 49.2 Å². The van der Waals surface area contributed by atoms with Crippen LogP contribution in [0.25, 0.3) is 33.5 Å². The average molecular weight is 555 g/mol. The van der Waals surface area contributed by atoms with Crippen molar-refractivity contribution < 1.29 is 14.3 Å². The monoisotopic (exact) mass is 554 g/mol. The fourth-order valence-corrected chi connectivity index (χ4v) is 5.65. The van der Waals surface area contributed by atoms with Crippen molar-refractivity contribution in [3.63, 3.8) is 0 Å². The standard InChI is InChI=1S/C30H30N6O3S/c1-19-15-36(16-20(2)38-19)17-22-12-25(23-10-8-21(18-37)9-11-23)32-27(13-22)33-30-31-14-26(40-30)29-35-34-28(39-29)24-6-4-3-5-7-24/h3-14,19-20,37H,15-18H2,1-2H3,(H,31,32,33)/t19-,20+. The molecule has 0 unspecified atom stereocenters. The Balaban J connectivity index is 1.26. The number of benzene rings is 2. The lowest BCUT2D eigenvalue weighted by atomic mass is 10.1. The van der Waals surface area contributed by atoms with Crippen molar-refractivity contribution in [1.29, 1.82) is 0 Å². The number of anilines is 2. The van der Waals surface area contributed by atoms with Gasteiger partial charge in [0.15, 0.2) is 5.13 Å². The second-order valence-corrected chi connectivity index (χ2v) is 11.0. The molecular formula is C30H30N6O3S. The van der Waals surface area contributed by atoms with Crippen LogP contribution >= 0.6 is 11.3 Å². The van der Waals surface area contributed by atoms with Crippen LogP contribution in [0.2, 0.25) is 0 Å². The van der Waals surface area contributed by atoms with Crippen molar-refractivity contribution in [2.75, 3.05) is 18.4 Å². The first kappa shape index (κ1) is 26.3. The van der Waals surface area contributed by atoms with Crippen molar-refractivity contribution in [1.82, 2.24) is 25.1 Å². The van der Waals surface area contributed by atoms with Gasteiger partial charge >= 0.3 is 0 Å². The van der Waals surface area contributed by atoms with Gasteiger partial charge in [0.05, 0.1) is 30.7 Å². The van der Waals surface area contributed by atoms with Gasteiger partial charge in [-0.15, -0.1) is 10.2 Å². The summed E-state index contributed by atoms with van der Waals surface area (Å²) >= 11 is 1.42. The number of nitrogens with one attached hydrogen (secondary N) is 1. The number of hydrogen-bond acceptors (Lipinski definition) is 10. The molecule has 1 aliphatic rings. The van der Waals surface area contributed by atoms with E-state index in [0.717, 1.165) is 52.5 Å². The van der Waals surface area contributed by atoms with Gasteiger partial charge in [-0.3, -0.25) is 4.90 Å². The van der Waals surface area contributed by atoms with Crippen LogP contribution in [-0.2, 0) is 17.9 Å².